The Labute approximate surface area is 183 Å². The van der Waals surface area contributed by atoms with Gasteiger partial charge in [-0.3, -0.25) is 4.79 Å². The van der Waals surface area contributed by atoms with Crippen molar-refractivity contribution in [3.63, 3.8) is 0 Å². The number of sulfonamides is 1. The molecule has 1 aliphatic heterocycles. The molecular formula is C18H19Cl2N3O4S2. The number of benzene rings is 1. The van der Waals surface area contributed by atoms with Crippen LogP contribution in [0.15, 0.2) is 46.5 Å². The summed E-state index contributed by atoms with van der Waals surface area (Å²) < 4.78 is 31.8. The lowest BCUT2D eigenvalue weighted by Gasteiger charge is -2.25. The first-order valence-electron chi connectivity index (χ1n) is 8.74. The summed E-state index contributed by atoms with van der Waals surface area (Å²) in [5.41, 5.74) is 0.466. The molecule has 11 heteroatoms. The molecule has 0 bridgehead atoms. The Morgan fingerprint density at radius 3 is 2.59 bits per heavy atom. The van der Waals surface area contributed by atoms with Crippen molar-refractivity contribution in [3.05, 3.63) is 46.6 Å². The number of thioether (sulfide) groups is 1. The van der Waals surface area contributed by atoms with Gasteiger partial charge < -0.3 is 10.1 Å². The minimum Gasteiger partial charge on any atom is -0.379 e. The smallest absolute Gasteiger partial charge is 0.244 e. The summed E-state index contributed by atoms with van der Waals surface area (Å²) in [5.74, 6) is -0.258. The first-order valence-corrected chi connectivity index (χ1v) is 11.8. The van der Waals surface area contributed by atoms with Crippen LogP contribution in [0, 0.1) is 0 Å². The highest BCUT2D eigenvalue weighted by Crippen LogP contribution is 2.28. The number of pyridine rings is 1. The number of nitrogens with zero attached hydrogens (tertiary/aromatic N) is 2. The molecule has 1 amide bonds. The predicted molar refractivity (Wildman–Crippen MR) is 114 cm³/mol. The Morgan fingerprint density at radius 2 is 1.97 bits per heavy atom. The first kappa shape index (κ1) is 22.3. The molecule has 1 aliphatic rings. The zero-order valence-electron chi connectivity index (χ0n) is 15.5. The van der Waals surface area contributed by atoms with Crippen LogP contribution in [0.25, 0.3) is 0 Å². The molecule has 2 heterocycles. The summed E-state index contributed by atoms with van der Waals surface area (Å²) in [6.07, 6.45) is 1.31. The van der Waals surface area contributed by atoms with Gasteiger partial charge in [-0.2, -0.15) is 4.31 Å². The van der Waals surface area contributed by atoms with Gasteiger partial charge in [0.2, 0.25) is 15.9 Å². The average molecular weight is 476 g/mol. The highest BCUT2D eigenvalue weighted by atomic mass is 35.5. The maximum absolute atomic E-state index is 12.6. The molecule has 0 aliphatic carbocycles. The molecule has 0 radical (unpaired) electrons. The Kier molecular flexibility index (Phi) is 7.42. The largest absolute Gasteiger partial charge is 0.379 e. The zero-order chi connectivity index (χ0) is 21.0. The van der Waals surface area contributed by atoms with Crippen LogP contribution in [-0.2, 0) is 19.6 Å². The lowest BCUT2D eigenvalue weighted by molar-refractivity contribution is -0.115. The number of ether oxygens (including phenoxy) is 1. The molecule has 7 nitrogen and oxygen atoms in total. The van der Waals surface area contributed by atoms with Crippen LogP contribution < -0.4 is 5.32 Å². The van der Waals surface area contributed by atoms with Gasteiger partial charge in [0, 0.05) is 24.3 Å². The van der Waals surface area contributed by atoms with E-state index < -0.39 is 15.3 Å². The number of anilines is 1. The quantitative estimate of drug-likeness (QED) is 0.642. The maximum Gasteiger partial charge on any atom is 0.244 e. The number of hydrogen-bond acceptors (Lipinski definition) is 6. The zero-order valence-corrected chi connectivity index (χ0v) is 18.6. The summed E-state index contributed by atoms with van der Waals surface area (Å²) in [7, 11) is -3.60. The second kappa shape index (κ2) is 9.63. The Hall–Kier alpha value is -1.36. The summed E-state index contributed by atoms with van der Waals surface area (Å²) in [6.45, 7) is 3.13. The normalized spacial score (nSPS) is 16.4. The van der Waals surface area contributed by atoms with E-state index in [0.29, 0.717) is 47.1 Å². The number of carbonyl (C=O) groups is 1. The number of amides is 1. The molecule has 3 rings (SSSR count). The molecule has 29 heavy (non-hydrogen) atoms. The van der Waals surface area contributed by atoms with Crippen LogP contribution in [0.1, 0.15) is 6.92 Å². The van der Waals surface area contributed by atoms with E-state index in [9.17, 15) is 13.2 Å². The molecule has 1 saturated heterocycles. The van der Waals surface area contributed by atoms with Crippen LogP contribution in [0.3, 0.4) is 0 Å². The molecule has 1 N–H and O–H groups in total. The number of aromatic nitrogens is 1. The van der Waals surface area contributed by atoms with E-state index in [4.69, 9.17) is 27.9 Å². The minimum absolute atomic E-state index is 0.119. The van der Waals surface area contributed by atoms with Crippen molar-refractivity contribution in [2.24, 2.45) is 0 Å². The average Bonchev–Trinajstić information content (AvgIpc) is 2.71. The summed E-state index contributed by atoms with van der Waals surface area (Å²) in [5, 5.41) is 3.63. The molecular weight excluding hydrogens is 457 g/mol. The third kappa shape index (κ3) is 5.62. The molecule has 156 valence electrons. The van der Waals surface area contributed by atoms with Gasteiger partial charge in [-0.05, 0) is 37.3 Å². The Balaban J connectivity index is 1.63. The fraction of sp³-hybridized carbons (Fsp3) is 0.333. The second-order valence-corrected chi connectivity index (χ2v) is 10.4. The standard InChI is InChI=1S/C18H19Cl2N3O4S2/c1-12(18(24)22-16-4-2-13(19)10-15(16)20)28-17-5-3-14(11-21-17)29(25,26)23-6-8-27-9-7-23/h2-5,10-12H,6-9H2,1H3,(H,22,24)/t12-/m1/s1. The van der Waals surface area contributed by atoms with Crippen LogP contribution >= 0.6 is 35.0 Å². The second-order valence-electron chi connectivity index (χ2n) is 6.22. The van der Waals surface area contributed by atoms with Gasteiger partial charge in [0.05, 0.1) is 34.2 Å². The molecule has 1 fully saturated rings. The van der Waals surface area contributed by atoms with E-state index >= 15 is 0 Å². The van der Waals surface area contributed by atoms with Crippen molar-refractivity contribution >= 4 is 56.6 Å². The number of rotatable bonds is 6. The molecule has 1 aromatic heterocycles. The van der Waals surface area contributed by atoms with E-state index in [-0.39, 0.29) is 10.8 Å². The van der Waals surface area contributed by atoms with Crippen LogP contribution in [0.5, 0.6) is 0 Å². The van der Waals surface area contributed by atoms with Crippen LogP contribution in [0.2, 0.25) is 10.0 Å². The molecule has 0 saturated carbocycles. The number of halogens is 2. The van der Waals surface area contributed by atoms with E-state index in [0.717, 1.165) is 0 Å². The van der Waals surface area contributed by atoms with E-state index in [2.05, 4.69) is 10.3 Å². The summed E-state index contributed by atoms with van der Waals surface area (Å²) >= 11 is 13.1. The maximum atomic E-state index is 12.6. The third-order valence-electron chi connectivity index (χ3n) is 4.17. The van der Waals surface area contributed by atoms with E-state index in [1.165, 1.54) is 28.3 Å². The number of morpholine rings is 1. The van der Waals surface area contributed by atoms with Gasteiger partial charge in [0.25, 0.3) is 0 Å². The van der Waals surface area contributed by atoms with Gasteiger partial charge in [-0.15, -0.1) is 0 Å². The van der Waals surface area contributed by atoms with Crippen molar-refractivity contribution in [2.75, 3.05) is 31.6 Å². The summed E-state index contributed by atoms with van der Waals surface area (Å²) in [4.78, 5) is 16.7. The fourth-order valence-electron chi connectivity index (χ4n) is 2.58. The third-order valence-corrected chi connectivity index (χ3v) is 7.65. The van der Waals surface area contributed by atoms with Crippen molar-refractivity contribution in [2.45, 2.75) is 22.1 Å². The highest BCUT2D eigenvalue weighted by Gasteiger charge is 2.26. The Morgan fingerprint density at radius 1 is 1.24 bits per heavy atom. The van der Waals surface area contributed by atoms with Gasteiger partial charge in [0.15, 0.2) is 0 Å². The monoisotopic (exact) mass is 475 g/mol. The molecule has 0 spiro atoms. The number of nitrogens with one attached hydrogen (secondary N) is 1. The fourth-order valence-corrected chi connectivity index (χ4v) is 5.18. The van der Waals surface area contributed by atoms with Crippen LogP contribution in [-0.4, -0.2) is 55.2 Å². The lowest BCUT2D eigenvalue weighted by atomic mass is 10.3. The van der Waals surface area contributed by atoms with Gasteiger partial charge in [-0.1, -0.05) is 35.0 Å². The lowest BCUT2D eigenvalue weighted by Crippen LogP contribution is -2.40. The molecule has 2 aromatic rings. The van der Waals surface area contributed by atoms with Gasteiger partial charge >= 0.3 is 0 Å². The summed E-state index contributed by atoms with van der Waals surface area (Å²) in [6, 6.07) is 7.91. The molecule has 1 aromatic carbocycles. The van der Waals surface area contributed by atoms with Crippen molar-refractivity contribution < 1.29 is 17.9 Å². The van der Waals surface area contributed by atoms with E-state index in [1.54, 1.807) is 31.2 Å². The number of hydrogen-bond donors (Lipinski definition) is 1. The van der Waals surface area contributed by atoms with Crippen molar-refractivity contribution in [1.82, 2.24) is 9.29 Å². The SMILES string of the molecule is C[C@@H](Sc1ccc(S(=O)(=O)N2CCOCC2)cn1)C(=O)Nc1ccc(Cl)cc1Cl. The van der Waals surface area contributed by atoms with Gasteiger partial charge in [-0.25, -0.2) is 13.4 Å². The van der Waals surface area contributed by atoms with Crippen molar-refractivity contribution in [3.8, 4) is 0 Å². The minimum atomic E-state index is -3.60. The molecule has 0 unspecified atom stereocenters. The van der Waals surface area contributed by atoms with Crippen LogP contribution in [0.4, 0.5) is 5.69 Å². The topological polar surface area (TPSA) is 88.6 Å². The van der Waals surface area contributed by atoms with Crippen molar-refractivity contribution in [1.29, 1.82) is 0 Å². The molecule has 1 atom stereocenters. The highest BCUT2D eigenvalue weighted by molar-refractivity contribution is 8.00. The van der Waals surface area contributed by atoms with E-state index in [1.807, 2.05) is 0 Å². The Bertz CT molecular complexity index is 981. The van der Waals surface area contributed by atoms with Gasteiger partial charge in [0.1, 0.15) is 4.90 Å². The first-order chi connectivity index (χ1) is 13.8. The predicted octanol–water partition coefficient (Wildman–Crippen LogP) is 3.53. The number of carbonyl (C=O) groups excluding carboxylic acids is 1.